The number of aromatic nitrogens is 1. The van der Waals surface area contributed by atoms with Crippen LogP contribution in [0.15, 0.2) is 78.9 Å². The quantitative estimate of drug-likeness (QED) is 0.548. The lowest BCUT2D eigenvalue weighted by Gasteiger charge is -2.29. The molecule has 2 N–H and O–H groups in total. The summed E-state index contributed by atoms with van der Waals surface area (Å²) < 4.78 is 0. The number of hydrogen-bond donors (Lipinski definition) is 2. The summed E-state index contributed by atoms with van der Waals surface area (Å²) in [6.45, 7) is 4.09. The van der Waals surface area contributed by atoms with Crippen molar-refractivity contribution in [3.05, 3.63) is 78.9 Å². The molecule has 3 heteroatoms. The molecule has 0 spiro atoms. The Morgan fingerprint density at radius 1 is 0.667 bits per heavy atom. The molecule has 27 heavy (non-hydrogen) atoms. The van der Waals surface area contributed by atoms with Gasteiger partial charge in [0.25, 0.3) is 0 Å². The number of hydrogen-bond acceptors (Lipinski definition) is 2. The molecule has 1 aromatic heterocycles. The van der Waals surface area contributed by atoms with Crippen LogP contribution in [-0.2, 0) is 0 Å². The van der Waals surface area contributed by atoms with Crippen molar-refractivity contribution < 1.29 is 0 Å². The predicted octanol–water partition coefficient (Wildman–Crippen LogP) is 4.91. The molecule has 1 aliphatic rings. The van der Waals surface area contributed by atoms with Gasteiger partial charge in [0.1, 0.15) is 5.82 Å². The van der Waals surface area contributed by atoms with E-state index >= 15 is 0 Å². The third-order valence-corrected chi connectivity index (χ3v) is 5.38. The van der Waals surface area contributed by atoms with Gasteiger partial charge in [-0.05, 0) is 22.8 Å². The van der Waals surface area contributed by atoms with Crippen LogP contribution in [0.4, 0.5) is 5.82 Å². The first-order chi connectivity index (χ1) is 13.4. The SMILES string of the molecule is c1ccc(-c2cccc3[nH]c(N4CCNCC4)c(-c4ccccc4)c23)cc1. The lowest BCUT2D eigenvalue weighted by Crippen LogP contribution is -2.43. The Labute approximate surface area is 159 Å². The van der Waals surface area contributed by atoms with E-state index in [9.17, 15) is 0 Å². The van der Waals surface area contributed by atoms with Crippen LogP contribution in [0.5, 0.6) is 0 Å². The molecule has 3 aromatic carbocycles. The van der Waals surface area contributed by atoms with Gasteiger partial charge in [0.2, 0.25) is 0 Å². The summed E-state index contributed by atoms with van der Waals surface area (Å²) in [5.74, 6) is 1.24. The van der Waals surface area contributed by atoms with E-state index in [1.165, 1.54) is 39.0 Å². The minimum absolute atomic E-state index is 1.02. The third-order valence-electron chi connectivity index (χ3n) is 5.38. The van der Waals surface area contributed by atoms with E-state index in [0.29, 0.717) is 0 Å². The fourth-order valence-corrected chi connectivity index (χ4v) is 4.10. The molecule has 0 saturated carbocycles. The van der Waals surface area contributed by atoms with E-state index in [0.717, 1.165) is 26.2 Å². The van der Waals surface area contributed by atoms with Crippen LogP contribution < -0.4 is 10.2 Å². The van der Waals surface area contributed by atoms with Crippen molar-refractivity contribution in [3.8, 4) is 22.3 Å². The van der Waals surface area contributed by atoms with E-state index in [1.54, 1.807) is 0 Å². The first-order valence-corrected chi connectivity index (χ1v) is 9.63. The number of benzene rings is 3. The fraction of sp³-hybridized carbons (Fsp3) is 0.167. The van der Waals surface area contributed by atoms with Gasteiger partial charge in [-0.3, -0.25) is 0 Å². The summed E-state index contributed by atoms with van der Waals surface area (Å²) in [7, 11) is 0. The van der Waals surface area contributed by atoms with Crippen molar-refractivity contribution in [2.24, 2.45) is 0 Å². The van der Waals surface area contributed by atoms with Crippen LogP contribution in [0.2, 0.25) is 0 Å². The number of nitrogens with zero attached hydrogens (tertiary/aromatic N) is 1. The van der Waals surface area contributed by atoms with Gasteiger partial charge in [0.05, 0.1) is 0 Å². The smallest absolute Gasteiger partial charge is 0.115 e. The molecule has 1 aliphatic heterocycles. The zero-order chi connectivity index (χ0) is 18.1. The number of anilines is 1. The normalized spacial score (nSPS) is 14.6. The van der Waals surface area contributed by atoms with Gasteiger partial charge < -0.3 is 15.2 Å². The first kappa shape index (κ1) is 16.2. The molecule has 1 fully saturated rings. The molecule has 134 valence electrons. The Morgan fingerprint density at radius 3 is 2.04 bits per heavy atom. The molecule has 4 aromatic rings. The molecule has 0 radical (unpaired) electrons. The lowest BCUT2D eigenvalue weighted by atomic mass is 9.95. The van der Waals surface area contributed by atoms with E-state index < -0.39 is 0 Å². The van der Waals surface area contributed by atoms with E-state index in [-0.39, 0.29) is 0 Å². The minimum Gasteiger partial charge on any atom is -0.355 e. The van der Waals surface area contributed by atoms with Crippen LogP contribution >= 0.6 is 0 Å². The van der Waals surface area contributed by atoms with Gasteiger partial charge in [-0.15, -0.1) is 0 Å². The van der Waals surface area contributed by atoms with E-state index in [1.807, 2.05) is 0 Å². The Kier molecular flexibility index (Phi) is 4.15. The molecule has 2 heterocycles. The van der Waals surface area contributed by atoms with Gasteiger partial charge in [0.15, 0.2) is 0 Å². The number of piperazine rings is 1. The maximum Gasteiger partial charge on any atom is 0.115 e. The molecule has 0 bridgehead atoms. The Bertz CT molecular complexity index is 1050. The predicted molar refractivity (Wildman–Crippen MR) is 114 cm³/mol. The maximum atomic E-state index is 3.74. The Hall–Kier alpha value is -3.04. The third kappa shape index (κ3) is 2.90. The highest BCUT2D eigenvalue weighted by molar-refractivity contribution is 6.10. The topological polar surface area (TPSA) is 31.1 Å². The van der Waals surface area contributed by atoms with Gasteiger partial charge in [-0.1, -0.05) is 72.8 Å². The number of H-pyrrole nitrogens is 1. The highest BCUT2D eigenvalue weighted by Gasteiger charge is 2.22. The van der Waals surface area contributed by atoms with Crippen molar-refractivity contribution in [1.29, 1.82) is 0 Å². The van der Waals surface area contributed by atoms with Gasteiger partial charge in [-0.25, -0.2) is 0 Å². The Morgan fingerprint density at radius 2 is 1.33 bits per heavy atom. The zero-order valence-electron chi connectivity index (χ0n) is 15.3. The molecule has 0 amide bonds. The van der Waals surface area contributed by atoms with Crippen molar-refractivity contribution >= 4 is 16.7 Å². The summed E-state index contributed by atoms with van der Waals surface area (Å²) in [5, 5.41) is 4.77. The van der Waals surface area contributed by atoms with Gasteiger partial charge in [-0.2, -0.15) is 0 Å². The van der Waals surface area contributed by atoms with Crippen molar-refractivity contribution in [2.75, 3.05) is 31.1 Å². The average Bonchev–Trinajstić information content (AvgIpc) is 3.15. The van der Waals surface area contributed by atoms with Crippen LogP contribution in [0.1, 0.15) is 0 Å². The standard InChI is InChI=1S/C24H23N3/c1-3-8-18(9-4-1)20-12-7-13-21-23(20)22(19-10-5-2-6-11-19)24(26-21)27-16-14-25-15-17-27/h1-13,25-26H,14-17H2. The first-order valence-electron chi connectivity index (χ1n) is 9.63. The molecule has 0 atom stereocenters. The number of fused-ring (bicyclic) bond motifs is 1. The van der Waals surface area contributed by atoms with Crippen LogP contribution in [0, 0.1) is 0 Å². The van der Waals surface area contributed by atoms with Crippen molar-refractivity contribution in [1.82, 2.24) is 10.3 Å². The second-order valence-electron chi connectivity index (χ2n) is 7.05. The highest BCUT2D eigenvalue weighted by atomic mass is 15.2. The highest BCUT2D eigenvalue weighted by Crippen LogP contribution is 2.42. The summed E-state index contributed by atoms with van der Waals surface area (Å²) >= 11 is 0. The van der Waals surface area contributed by atoms with Gasteiger partial charge >= 0.3 is 0 Å². The number of aromatic amines is 1. The zero-order valence-corrected chi connectivity index (χ0v) is 15.3. The molecule has 5 rings (SSSR count). The summed E-state index contributed by atoms with van der Waals surface area (Å²) in [5.41, 5.74) is 6.31. The number of nitrogens with one attached hydrogen (secondary N) is 2. The molecule has 3 nitrogen and oxygen atoms in total. The monoisotopic (exact) mass is 353 g/mol. The van der Waals surface area contributed by atoms with E-state index in [4.69, 9.17) is 0 Å². The molecular formula is C24H23N3. The van der Waals surface area contributed by atoms with Crippen LogP contribution in [-0.4, -0.2) is 31.2 Å². The maximum absolute atomic E-state index is 3.74. The second kappa shape index (κ2) is 6.93. The molecule has 0 unspecified atom stereocenters. The summed E-state index contributed by atoms with van der Waals surface area (Å²) in [4.78, 5) is 6.22. The minimum atomic E-state index is 1.02. The molecule has 1 saturated heterocycles. The summed E-state index contributed by atoms with van der Waals surface area (Å²) in [6, 6.07) is 28.0. The van der Waals surface area contributed by atoms with Crippen LogP contribution in [0.3, 0.4) is 0 Å². The number of rotatable bonds is 3. The van der Waals surface area contributed by atoms with Crippen LogP contribution in [0.25, 0.3) is 33.2 Å². The lowest BCUT2D eigenvalue weighted by molar-refractivity contribution is 0.586. The summed E-state index contributed by atoms with van der Waals surface area (Å²) in [6.07, 6.45) is 0. The fourth-order valence-electron chi connectivity index (χ4n) is 4.10. The van der Waals surface area contributed by atoms with Crippen molar-refractivity contribution in [2.45, 2.75) is 0 Å². The second-order valence-corrected chi connectivity index (χ2v) is 7.05. The molecule has 0 aliphatic carbocycles. The van der Waals surface area contributed by atoms with E-state index in [2.05, 4.69) is 94.1 Å². The Balaban J connectivity index is 1.80. The largest absolute Gasteiger partial charge is 0.355 e. The average molecular weight is 353 g/mol. The molecular weight excluding hydrogens is 330 g/mol. The van der Waals surface area contributed by atoms with Crippen molar-refractivity contribution in [3.63, 3.8) is 0 Å². The van der Waals surface area contributed by atoms with Gasteiger partial charge in [0, 0.05) is 42.6 Å².